The molecule has 0 saturated carbocycles. The fraction of sp³-hybridized carbons (Fsp3) is 0.615. The number of hydrogen-bond donors (Lipinski definition) is 2. The van der Waals surface area contributed by atoms with E-state index in [1.54, 1.807) is 0 Å². The second-order valence-electron chi connectivity index (χ2n) is 4.51. The van der Waals surface area contributed by atoms with Gasteiger partial charge in [0.05, 0.1) is 24.4 Å². The van der Waals surface area contributed by atoms with Gasteiger partial charge in [0, 0.05) is 6.61 Å². The summed E-state index contributed by atoms with van der Waals surface area (Å²) < 4.78 is 11.0. The van der Waals surface area contributed by atoms with Crippen LogP contribution < -0.4 is 15.8 Å². The van der Waals surface area contributed by atoms with Crippen molar-refractivity contribution in [3.63, 3.8) is 0 Å². The Morgan fingerprint density at radius 3 is 3.11 bits per heavy atom. The summed E-state index contributed by atoms with van der Waals surface area (Å²) >= 11 is 0. The highest BCUT2D eigenvalue weighted by atomic mass is 16.5. The normalized spacial score (nSPS) is 20.7. The molecule has 3 N–H and O–H groups in total. The summed E-state index contributed by atoms with van der Waals surface area (Å²) in [6, 6.07) is 3.91. The third-order valence-electron chi connectivity index (χ3n) is 3.07. The number of nitrogens with one attached hydrogen (secondary N) is 1. The van der Waals surface area contributed by atoms with Gasteiger partial charge in [-0.2, -0.15) is 4.98 Å². The minimum absolute atomic E-state index is 0.234. The lowest BCUT2D eigenvalue weighted by Crippen LogP contribution is -2.30. The van der Waals surface area contributed by atoms with Crippen LogP contribution in [-0.2, 0) is 4.74 Å². The molecule has 0 bridgehead atoms. The summed E-state index contributed by atoms with van der Waals surface area (Å²) in [5.41, 5.74) is 6.35. The molecule has 1 aliphatic heterocycles. The number of nitrogen functional groups attached to an aromatic ring is 1. The number of ether oxygens (including phenoxy) is 2. The fourth-order valence-corrected chi connectivity index (χ4v) is 2.11. The van der Waals surface area contributed by atoms with Crippen LogP contribution in [0.2, 0.25) is 0 Å². The Kier molecular flexibility index (Phi) is 4.25. The molecule has 0 spiro atoms. The quantitative estimate of drug-likeness (QED) is 0.838. The first-order chi connectivity index (χ1) is 8.70. The van der Waals surface area contributed by atoms with Crippen LogP contribution in [0.1, 0.15) is 26.7 Å². The summed E-state index contributed by atoms with van der Waals surface area (Å²) in [7, 11) is 0. The summed E-state index contributed by atoms with van der Waals surface area (Å²) in [4.78, 5) is 4.36. The van der Waals surface area contributed by atoms with E-state index in [1.807, 2.05) is 19.1 Å². The van der Waals surface area contributed by atoms with Gasteiger partial charge in [0.1, 0.15) is 5.82 Å². The summed E-state index contributed by atoms with van der Waals surface area (Å²) in [6.07, 6.45) is 2.50. The average molecular weight is 251 g/mol. The van der Waals surface area contributed by atoms with Gasteiger partial charge in [-0.05, 0) is 38.8 Å². The van der Waals surface area contributed by atoms with Gasteiger partial charge in [0.2, 0.25) is 5.88 Å². The minimum atomic E-state index is 0.234. The van der Waals surface area contributed by atoms with E-state index in [9.17, 15) is 0 Å². The highest BCUT2D eigenvalue weighted by Crippen LogP contribution is 2.23. The van der Waals surface area contributed by atoms with Gasteiger partial charge in [-0.3, -0.25) is 0 Å². The minimum Gasteiger partial charge on any atom is -0.476 e. The lowest BCUT2D eigenvalue weighted by molar-refractivity contribution is 0.0995. The second kappa shape index (κ2) is 5.91. The van der Waals surface area contributed by atoms with Crippen LogP contribution in [0.4, 0.5) is 11.5 Å². The molecule has 0 amide bonds. The first kappa shape index (κ1) is 13.0. The Bertz CT molecular complexity index is 392. The van der Waals surface area contributed by atoms with Gasteiger partial charge in [0.25, 0.3) is 0 Å². The summed E-state index contributed by atoms with van der Waals surface area (Å²) in [5, 5.41) is 3.34. The summed E-state index contributed by atoms with van der Waals surface area (Å²) in [6.45, 7) is 5.43. The van der Waals surface area contributed by atoms with Crippen molar-refractivity contribution in [1.29, 1.82) is 0 Å². The zero-order valence-electron chi connectivity index (χ0n) is 11.0. The van der Waals surface area contributed by atoms with Gasteiger partial charge >= 0.3 is 0 Å². The topological polar surface area (TPSA) is 69.4 Å². The molecule has 2 unspecified atom stereocenters. The highest BCUT2D eigenvalue weighted by Gasteiger charge is 2.22. The van der Waals surface area contributed by atoms with E-state index < -0.39 is 0 Å². The Morgan fingerprint density at radius 1 is 1.61 bits per heavy atom. The molecule has 1 aromatic rings. The number of rotatable bonds is 5. The number of pyridine rings is 1. The van der Waals surface area contributed by atoms with Gasteiger partial charge in [-0.15, -0.1) is 0 Å². The lowest BCUT2D eigenvalue weighted by Gasteiger charge is -2.21. The molecule has 0 aromatic carbocycles. The maximum absolute atomic E-state index is 5.79. The Balaban J connectivity index is 2.01. The van der Waals surface area contributed by atoms with Crippen molar-refractivity contribution in [2.24, 2.45) is 0 Å². The standard InChI is InChI=1S/C13H21N3O2/c1-3-17-13-10(14)6-7-12(16-13)15-9(2)11-5-4-8-18-11/h6-7,9,11H,3-5,8,14H2,1-2H3,(H,15,16). The van der Waals surface area contributed by atoms with E-state index >= 15 is 0 Å². The Labute approximate surface area is 108 Å². The van der Waals surface area contributed by atoms with Crippen molar-refractivity contribution < 1.29 is 9.47 Å². The predicted molar refractivity (Wildman–Crippen MR) is 71.9 cm³/mol. The van der Waals surface area contributed by atoms with Crippen molar-refractivity contribution in [1.82, 2.24) is 4.98 Å². The Morgan fingerprint density at radius 2 is 2.44 bits per heavy atom. The van der Waals surface area contributed by atoms with Gasteiger partial charge in [0.15, 0.2) is 0 Å². The molecule has 0 radical (unpaired) electrons. The molecule has 2 heterocycles. The molecule has 100 valence electrons. The fourth-order valence-electron chi connectivity index (χ4n) is 2.11. The predicted octanol–water partition coefficient (Wildman–Crippen LogP) is 2.04. The molecular formula is C13H21N3O2. The van der Waals surface area contributed by atoms with E-state index in [4.69, 9.17) is 15.2 Å². The van der Waals surface area contributed by atoms with Crippen LogP contribution >= 0.6 is 0 Å². The number of nitrogens with two attached hydrogens (primary N) is 1. The zero-order chi connectivity index (χ0) is 13.0. The second-order valence-corrected chi connectivity index (χ2v) is 4.51. The highest BCUT2D eigenvalue weighted by molar-refractivity contribution is 5.53. The first-order valence-electron chi connectivity index (χ1n) is 6.48. The Hall–Kier alpha value is -1.49. The van der Waals surface area contributed by atoms with Crippen LogP contribution in [0.15, 0.2) is 12.1 Å². The zero-order valence-corrected chi connectivity index (χ0v) is 11.0. The molecule has 2 atom stereocenters. The molecule has 2 rings (SSSR count). The van der Waals surface area contributed by atoms with Crippen molar-refractivity contribution in [3.05, 3.63) is 12.1 Å². The van der Waals surface area contributed by atoms with Crippen LogP contribution in [0.25, 0.3) is 0 Å². The van der Waals surface area contributed by atoms with E-state index in [0.717, 1.165) is 25.3 Å². The van der Waals surface area contributed by atoms with Crippen molar-refractivity contribution >= 4 is 11.5 Å². The number of hydrogen-bond acceptors (Lipinski definition) is 5. The van der Waals surface area contributed by atoms with Crippen LogP contribution in [0.5, 0.6) is 5.88 Å². The van der Waals surface area contributed by atoms with E-state index in [-0.39, 0.29) is 12.1 Å². The lowest BCUT2D eigenvalue weighted by atomic mass is 10.1. The van der Waals surface area contributed by atoms with E-state index in [2.05, 4.69) is 17.2 Å². The SMILES string of the molecule is CCOc1nc(NC(C)C2CCCO2)ccc1N. The van der Waals surface area contributed by atoms with Crippen LogP contribution in [-0.4, -0.2) is 30.3 Å². The van der Waals surface area contributed by atoms with E-state index in [0.29, 0.717) is 18.2 Å². The molecule has 5 nitrogen and oxygen atoms in total. The third kappa shape index (κ3) is 3.04. The van der Waals surface area contributed by atoms with Gasteiger partial charge < -0.3 is 20.5 Å². The number of aromatic nitrogens is 1. The third-order valence-corrected chi connectivity index (χ3v) is 3.07. The summed E-state index contributed by atoms with van der Waals surface area (Å²) in [5.74, 6) is 1.26. The molecule has 1 saturated heterocycles. The molecule has 1 aliphatic rings. The molecule has 5 heteroatoms. The monoisotopic (exact) mass is 251 g/mol. The smallest absolute Gasteiger partial charge is 0.239 e. The number of nitrogens with zero attached hydrogens (tertiary/aromatic N) is 1. The van der Waals surface area contributed by atoms with Crippen LogP contribution in [0.3, 0.4) is 0 Å². The average Bonchev–Trinajstić information content (AvgIpc) is 2.87. The van der Waals surface area contributed by atoms with Crippen LogP contribution in [0, 0.1) is 0 Å². The number of anilines is 2. The van der Waals surface area contributed by atoms with Gasteiger partial charge in [-0.25, -0.2) is 0 Å². The maximum Gasteiger partial charge on any atom is 0.239 e. The van der Waals surface area contributed by atoms with Gasteiger partial charge in [-0.1, -0.05) is 0 Å². The van der Waals surface area contributed by atoms with Crippen molar-refractivity contribution in [2.75, 3.05) is 24.3 Å². The molecule has 1 fully saturated rings. The largest absolute Gasteiger partial charge is 0.476 e. The molecule has 1 aromatic heterocycles. The molecule has 0 aliphatic carbocycles. The molecule has 18 heavy (non-hydrogen) atoms. The molecular weight excluding hydrogens is 230 g/mol. The van der Waals surface area contributed by atoms with Crippen molar-refractivity contribution in [2.45, 2.75) is 38.8 Å². The first-order valence-corrected chi connectivity index (χ1v) is 6.48. The maximum atomic E-state index is 5.79. The van der Waals surface area contributed by atoms with Crippen molar-refractivity contribution in [3.8, 4) is 5.88 Å². The van der Waals surface area contributed by atoms with E-state index in [1.165, 1.54) is 0 Å².